The highest BCUT2D eigenvalue weighted by molar-refractivity contribution is 4.90. The molecule has 100 valence electrons. The van der Waals surface area contributed by atoms with E-state index in [0.717, 1.165) is 31.8 Å². The Kier molecular flexibility index (Phi) is 3.90. The van der Waals surface area contributed by atoms with Crippen LogP contribution in [0.4, 0.5) is 0 Å². The van der Waals surface area contributed by atoms with Gasteiger partial charge in [0.05, 0.1) is 6.10 Å². The van der Waals surface area contributed by atoms with Gasteiger partial charge in [-0.15, -0.1) is 10.2 Å². The van der Waals surface area contributed by atoms with Crippen molar-refractivity contribution < 1.29 is 4.74 Å². The standard InChI is InChI=1S/C13H22N4O/c1-2-4-11(3-1)17-10-15-16-13(17)9-18-12-5-7-14-8-6-12/h10-12,14H,1-9H2. The first-order valence-corrected chi connectivity index (χ1v) is 7.14. The van der Waals surface area contributed by atoms with Crippen LogP contribution in [0.3, 0.4) is 0 Å². The largest absolute Gasteiger partial charge is 0.370 e. The van der Waals surface area contributed by atoms with Crippen LogP contribution in [0.15, 0.2) is 6.33 Å². The van der Waals surface area contributed by atoms with Crippen LogP contribution in [-0.4, -0.2) is 34.0 Å². The van der Waals surface area contributed by atoms with E-state index in [4.69, 9.17) is 4.74 Å². The molecule has 5 nitrogen and oxygen atoms in total. The molecule has 0 aromatic carbocycles. The number of ether oxygens (including phenoxy) is 1. The van der Waals surface area contributed by atoms with Gasteiger partial charge < -0.3 is 14.6 Å². The van der Waals surface area contributed by atoms with Gasteiger partial charge >= 0.3 is 0 Å². The lowest BCUT2D eigenvalue weighted by Crippen LogP contribution is -2.32. The van der Waals surface area contributed by atoms with E-state index in [0.29, 0.717) is 18.8 Å². The summed E-state index contributed by atoms with van der Waals surface area (Å²) in [5.74, 6) is 1.00. The molecule has 1 saturated carbocycles. The molecule has 3 rings (SSSR count). The third-order valence-electron chi connectivity index (χ3n) is 4.10. The van der Waals surface area contributed by atoms with Gasteiger partial charge in [0.25, 0.3) is 0 Å². The van der Waals surface area contributed by atoms with Crippen LogP contribution in [-0.2, 0) is 11.3 Å². The monoisotopic (exact) mass is 250 g/mol. The molecule has 0 radical (unpaired) electrons. The van der Waals surface area contributed by atoms with E-state index in [-0.39, 0.29) is 0 Å². The number of hydrogen-bond donors (Lipinski definition) is 1. The van der Waals surface area contributed by atoms with Gasteiger partial charge in [-0.2, -0.15) is 0 Å². The summed E-state index contributed by atoms with van der Waals surface area (Å²) in [4.78, 5) is 0. The maximum absolute atomic E-state index is 5.96. The van der Waals surface area contributed by atoms with E-state index in [1.54, 1.807) is 0 Å². The predicted octanol–water partition coefficient (Wildman–Crippen LogP) is 1.66. The molecular formula is C13H22N4O. The number of hydrogen-bond acceptors (Lipinski definition) is 4. The Balaban J connectivity index is 1.56. The fourth-order valence-corrected chi connectivity index (χ4v) is 3.01. The van der Waals surface area contributed by atoms with Crippen LogP contribution in [0.25, 0.3) is 0 Å². The summed E-state index contributed by atoms with van der Waals surface area (Å²) < 4.78 is 8.19. The molecule has 2 fully saturated rings. The van der Waals surface area contributed by atoms with Gasteiger partial charge in [0.15, 0.2) is 5.82 Å². The lowest BCUT2D eigenvalue weighted by Gasteiger charge is -2.23. The summed E-state index contributed by atoms with van der Waals surface area (Å²) >= 11 is 0. The Morgan fingerprint density at radius 2 is 2.00 bits per heavy atom. The minimum absolute atomic E-state index is 0.389. The second kappa shape index (κ2) is 5.80. The van der Waals surface area contributed by atoms with Crippen molar-refractivity contribution in [2.45, 2.75) is 57.3 Å². The van der Waals surface area contributed by atoms with Crippen molar-refractivity contribution >= 4 is 0 Å². The molecule has 2 aliphatic rings. The molecule has 18 heavy (non-hydrogen) atoms. The van der Waals surface area contributed by atoms with Crippen molar-refractivity contribution in [3.8, 4) is 0 Å². The molecule has 5 heteroatoms. The summed E-state index contributed by atoms with van der Waals surface area (Å²) in [6, 6.07) is 0.603. The molecule has 1 N–H and O–H groups in total. The van der Waals surface area contributed by atoms with Crippen LogP contribution in [0, 0.1) is 0 Å². The molecule has 2 heterocycles. The molecule has 0 amide bonds. The lowest BCUT2D eigenvalue weighted by atomic mass is 10.1. The Morgan fingerprint density at radius 1 is 1.22 bits per heavy atom. The predicted molar refractivity (Wildman–Crippen MR) is 68.2 cm³/mol. The first kappa shape index (κ1) is 12.1. The first-order valence-electron chi connectivity index (χ1n) is 7.14. The SMILES string of the molecule is c1nnc(COC2CCNCC2)n1C1CCCC1. The fraction of sp³-hybridized carbons (Fsp3) is 0.846. The van der Waals surface area contributed by atoms with E-state index in [9.17, 15) is 0 Å². The minimum atomic E-state index is 0.389. The quantitative estimate of drug-likeness (QED) is 0.883. The normalized spacial score (nSPS) is 22.7. The van der Waals surface area contributed by atoms with Crippen LogP contribution < -0.4 is 5.32 Å². The average Bonchev–Trinajstić information content (AvgIpc) is 3.08. The zero-order valence-corrected chi connectivity index (χ0v) is 10.8. The van der Waals surface area contributed by atoms with Crippen LogP contribution in [0.2, 0.25) is 0 Å². The molecule has 0 spiro atoms. The third-order valence-corrected chi connectivity index (χ3v) is 4.10. The van der Waals surface area contributed by atoms with Gasteiger partial charge in [-0.3, -0.25) is 0 Å². The molecule has 1 aliphatic carbocycles. The second-order valence-corrected chi connectivity index (χ2v) is 5.35. The summed E-state index contributed by atoms with van der Waals surface area (Å²) in [7, 11) is 0. The zero-order valence-electron chi connectivity index (χ0n) is 10.8. The molecule has 1 saturated heterocycles. The molecule has 0 atom stereocenters. The number of nitrogens with one attached hydrogen (secondary N) is 1. The maximum atomic E-state index is 5.96. The Labute approximate surface area is 108 Å². The van der Waals surface area contributed by atoms with Crippen molar-refractivity contribution in [2.24, 2.45) is 0 Å². The van der Waals surface area contributed by atoms with E-state index in [2.05, 4.69) is 20.1 Å². The summed E-state index contributed by atoms with van der Waals surface area (Å²) in [6.07, 6.45) is 9.66. The number of rotatable bonds is 4. The van der Waals surface area contributed by atoms with Crippen molar-refractivity contribution in [1.82, 2.24) is 20.1 Å². The second-order valence-electron chi connectivity index (χ2n) is 5.35. The van der Waals surface area contributed by atoms with Gasteiger partial charge in [0.1, 0.15) is 12.9 Å². The zero-order chi connectivity index (χ0) is 12.2. The van der Waals surface area contributed by atoms with E-state index >= 15 is 0 Å². The number of piperidine rings is 1. The Morgan fingerprint density at radius 3 is 2.78 bits per heavy atom. The van der Waals surface area contributed by atoms with Crippen molar-refractivity contribution in [3.63, 3.8) is 0 Å². The summed E-state index contributed by atoms with van der Waals surface area (Å²) in [5, 5.41) is 11.6. The van der Waals surface area contributed by atoms with Crippen molar-refractivity contribution in [2.75, 3.05) is 13.1 Å². The highest BCUT2D eigenvalue weighted by Crippen LogP contribution is 2.30. The van der Waals surface area contributed by atoms with Gasteiger partial charge in [0, 0.05) is 6.04 Å². The lowest BCUT2D eigenvalue weighted by molar-refractivity contribution is 0.0158. The molecule has 1 aliphatic heterocycles. The first-order chi connectivity index (χ1) is 8.93. The van der Waals surface area contributed by atoms with E-state index < -0.39 is 0 Å². The van der Waals surface area contributed by atoms with Crippen molar-refractivity contribution in [3.05, 3.63) is 12.2 Å². The molecule has 0 unspecified atom stereocenters. The summed E-state index contributed by atoms with van der Waals surface area (Å²) in [5.41, 5.74) is 0. The fourth-order valence-electron chi connectivity index (χ4n) is 3.01. The summed E-state index contributed by atoms with van der Waals surface area (Å²) in [6.45, 7) is 2.75. The molecule has 0 bridgehead atoms. The highest BCUT2D eigenvalue weighted by atomic mass is 16.5. The minimum Gasteiger partial charge on any atom is -0.370 e. The third kappa shape index (κ3) is 2.72. The van der Waals surface area contributed by atoms with E-state index in [1.165, 1.54) is 25.7 Å². The van der Waals surface area contributed by atoms with Crippen LogP contribution >= 0.6 is 0 Å². The van der Waals surface area contributed by atoms with Gasteiger partial charge in [-0.25, -0.2) is 0 Å². The van der Waals surface area contributed by atoms with Crippen molar-refractivity contribution in [1.29, 1.82) is 0 Å². The maximum Gasteiger partial charge on any atom is 0.159 e. The smallest absolute Gasteiger partial charge is 0.159 e. The Hall–Kier alpha value is -0.940. The van der Waals surface area contributed by atoms with Crippen LogP contribution in [0.5, 0.6) is 0 Å². The van der Waals surface area contributed by atoms with Gasteiger partial charge in [0.2, 0.25) is 0 Å². The topological polar surface area (TPSA) is 52.0 Å². The molecule has 1 aromatic rings. The highest BCUT2D eigenvalue weighted by Gasteiger charge is 2.21. The van der Waals surface area contributed by atoms with Gasteiger partial charge in [-0.05, 0) is 38.8 Å². The number of nitrogens with zero attached hydrogens (tertiary/aromatic N) is 3. The Bertz CT molecular complexity index is 367. The average molecular weight is 250 g/mol. The van der Waals surface area contributed by atoms with E-state index in [1.807, 2.05) is 6.33 Å². The molecular weight excluding hydrogens is 228 g/mol. The number of aromatic nitrogens is 3. The molecule has 1 aromatic heterocycles. The van der Waals surface area contributed by atoms with Crippen LogP contribution in [0.1, 0.15) is 50.4 Å². The van der Waals surface area contributed by atoms with Gasteiger partial charge in [-0.1, -0.05) is 12.8 Å².